The van der Waals surface area contributed by atoms with Gasteiger partial charge in [-0.15, -0.1) is 12.4 Å². The maximum atomic E-state index is 13.2. The fraction of sp³-hybridized carbons (Fsp3) is 0.241. The zero-order valence-electron chi connectivity index (χ0n) is 21.3. The van der Waals surface area contributed by atoms with Crippen LogP contribution in [-0.2, 0) is 48.3 Å². The summed E-state index contributed by atoms with van der Waals surface area (Å²) < 4.78 is 10.7. The molecule has 0 heterocycles. The Bertz CT molecular complexity index is 1200. The number of carbonyl (C=O) groups excluding carboxylic acids is 4. The normalized spacial score (nSPS) is 11.7. The number of halogens is 1. The van der Waals surface area contributed by atoms with E-state index >= 15 is 0 Å². The highest BCUT2D eigenvalue weighted by Gasteiger charge is 2.30. The number of nitrogens with two attached hydrogens (primary N) is 1. The first kappa shape index (κ1) is 31.0. The third-order valence-electron chi connectivity index (χ3n) is 5.56. The Hall–Kier alpha value is -4.21. The topological polar surface area (TPSA) is 137 Å². The van der Waals surface area contributed by atoms with E-state index in [1.807, 2.05) is 78.9 Å². The standard InChI is InChI=1S/C29H31N3O6.ClH/c30-18-26(33)31-24(17-27(34)37-19-22-12-6-2-7-13-22)28(35)32-25(16-21-10-4-1-5-11-21)29(36)38-20-23-14-8-3-9-15-23;/h1-15,24-25H,16-20,30H2,(H,31,33)(H,32,35);1H/t24-,25+;/m1./s1. The van der Waals surface area contributed by atoms with Crippen LogP contribution in [0.1, 0.15) is 23.1 Å². The summed E-state index contributed by atoms with van der Waals surface area (Å²) in [6.07, 6.45) is -0.294. The number of carbonyl (C=O) groups is 4. The van der Waals surface area contributed by atoms with Gasteiger partial charge in [-0.25, -0.2) is 4.79 Å². The molecule has 9 nitrogen and oxygen atoms in total. The van der Waals surface area contributed by atoms with Crippen LogP contribution in [0.3, 0.4) is 0 Å². The molecule has 0 radical (unpaired) electrons. The monoisotopic (exact) mass is 553 g/mol. The minimum Gasteiger partial charge on any atom is -0.461 e. The molecule has 3 aromatic carbocycles. The number of ether oxygens (including phenoxy) is 2. The second kappa shape index (κ2) is 16.6. The Morgan fingerprint density at radius 3 is 1.67 bits per heavy atom. The Balaban J connectivity index is 0.00000533. The molecule has 0 fully saturated rings. The van der Waals surface area contributed by atoms with E-state index in [9.17, 15) is 19.2 Å². The van der Waals surface area contributed by atoms with Crippen LogP contribution >= 0.6 is 12.4 Å². The van der Waals surface area contributed by atoms with Crippen molar-refractivity contribution in [3.8, 4) is 0 Å². The van der Waals surface area contributed by atoms with Crippen LogP contribution in [0.5, 0.6) is 0 Å². The summed E-state index contributed by atoms with van der Waals surface area (Å²) in [5, 5.41) is 5.07. The number of esters is 2. The second-order valence-electron chi connectivity index (χ2n) is 8.52. The highest BCUT2D eigenvalue weighted by Crippen LogP contribution is 2.09. The van der Waals surface area contributed by atoms with Gasteiger partial charge in [-0.3, -0.25) is 14.4 Å². The van der Waals surface area contributed by atoms with Crippen LogP contribution in [0.25, 0.3) is 0 Å². The molecule has 0 aromatic heterocycles. The van der Waals surface area contributed by atoms with E-state index in [1.54, 1.807) is 12.1 Å². The van der Waals surface area contributed by atoms with Gasteiger partial charge in [-0.05, 0) is 16.7 Å². The molecule has 3 aromatic rings. The molecule has 39 heavy (non-hydrogen) atoms. The SMILES string of the molecule is Cl.NCC(=O)N[C@H](CC(=O)OCc1ccccc1)C(=O)N[C@@H](Cc1ccccc1)C(=O)OCc1ccccc1. The molecule has 10 heteroatoms. The highest BCUT2D eigenvalue weighted by molar-refractivity contribution is 5.93. The minimum absolute atomic E-state index is 0. The molecule has 0 unspecified atom stereocenters. The molecular weight excluding hydrogens is 522 g/mol. The molecule has 0 spiro atoms. The Morgan fingerprint density at radius 2 is 1.15 bits per heavy atom. The van der Waals surface area contributed by atoms with Crippen molar-refractivity contribution >= 4 is 36.2 Å². The number of hydrogen-bond donors (Lipinski definition) is 3. The smallest absolute Gasteiger partial charge is 0.329 e. The maximum absolute atomic E-state index is 13.2. The van der Waals surface area contributed by atoms with Crippen molar-refractivity contribution in [3.05, 3.63) is 108 Å². The fourth-order valence-corrected chi connectivity index (χ4v) is 3.57. The lowest BCUT2D eigenvalue weighted by atomic mass is 10.0. The van der Waals surface area contributed by atoms with Gasteiger partial charge in [-0.2, -0.15) is 0 Å². The molecular formula is C29H32ClN3O6. The van der Waals surface area contributed by atoms with Crippen molar-refractivity contribution in [1.82, 2.24) is 10.6 Å². The van der Waals surface area contributed by atoms with Gasteiger partial charge in [0.2, 0.25) is 11.8 Å². The van der Waals surface area contributed by atoms with Gasteiger partial charge in [0.1, 0.15) is 25.3 Å². The van der Waals surface area contributed by atoms with E-state index in [0.717, 1.165) is 16.7 Å². The van der Waals surface area contributed by atoms with E-state index in [4.69, 9.17) is 15.2 Å². The third kappa shape index (κ3) is 11.0. The lowest BCUT2D eigenvalue weighted by Gasteiger charge is -2.22. The third-order valence-corrected chi connectivity index (χ3v) is 5.56. The summed E-state index contributed by atoms with van der Waals surface area (Å²) >= 11 is 0. The van der Waals surface area contributed by atoms with Crippen molar-refractivity contribution in [2.45, 2.75) is 38.1 Å². The summed E-state index contributed by atoms with van der Waals surface area (Å²) in [7, 11) is 0. The number of amides is 2. The first-order valence-electron chi connectivity index (χ1n) is 12.2. The van der Waals surface area contributed by atoms with Crippen LogP contribution < -0.4 is 16.4 Å². The summed E-state index contributed by atoms with van der Waals surface area (Å²) in [6.45, 7) is -0.337. The van der Waals surface area contributed by atoms with Crippen LogP contribution in [0, 0.1) is 0 Å². The van der Waals surface area contributed by atoms with Crippen LogP contribution in [0.4, 0.5) is 0 Å². The van der Waals surface area contributed by atoms with Crippen molar-refractivity contribution in [2.75, 3.05) is 6.54 Å². The molecule has 0 aliphatic heterocycles. The average Bonchev–Trinajstić information content (AvgIpc) is 2.95. The van der Waals surface area contributed by atoms with Crippen molar-refractivity contribution < 1.29 is 28.7 Å². The first-order valence-corrected chi connectivity index (χ1v) is 12.2. The second-order valence-corrected chi connectivity index (χ2v) is 8.52. The average molecular weight is 554 g/mol. The summed E-state index contributed by atoms with van der Waals surface area (Å²) in [5.41, 5.74) is 7.76. The quantitative estimate of drug-likeness (QED) is 0.276. The molecule has 0 saturated carbocycles. The van der Waals surface area contributed by atoms with E-state index in [0.29, 0.717) is 0 Å². The first-order chi connectivity index (χ1) is 18.4. The number of rotatable bonds is 13. The van der Waals surface area contributed by atoms with E-state index in [-0.39, 0.29) is 38.6 Å². The predicted octanol–water partition coefficient (Wildman–Crippen LogP) is 2.46. The van der Waals surface area contributed by atoms with E-state index in [2.05, 4.69) is 10.6 Å². The van der Waals surface area contributed by atoms with Crippen LogP contribution in [0.2, 0.25) is 0 Å². The van der Waals surface area contributed by atoms with Crippen molar-refractivity contribution in [1.29, 1.82) is 0 Å². The largest absolute Gasteiger partial charge is 0.461 e. The van der Waals surface area contributed by atoms with Gasteiger partial charge in [-0.1, -0.05) is 91.0 Å². The van der Waals surface area contributed by atoms with Crippen molar-refractivity contribution in [2.24, 2.45) is 5.73 Å². The van der Waals surface area contributed by atoms with Crippen LogP contribution in [-0.4, -0.2) is 42.4 Å². The van der Waals surface area contributed by atoms with Gasteiger partial charge >= 0.3 is 11.9 Å². The molecule has 0 aliphatic carbocycles. The van der Waals surface area contributed by atoms with Crippen molar-refractivity contribution in [3.63, 3.8) is 0 Å². The molecule has 2 amide bonds. The molecule has 3 rings (SSSR count). The number of benzene rings is 3. The fourth-order valence-electron chi connectivity index (χ4n) is 3.57. The summed E-state index contributed by atoms with van der Waals surface area (Å²) in [6, 6.07) is 24.9. The molecule has 4 N–H and O–H groups in total. The zero-order chi connectivity index (χ0) is 27.2. The Labute approximate surface area is 233 Å². The van der Waals surface area contributed by atoms with Gasteiger partial charge in [0.25, 0.3) is 0 Å². The Kier molecular flexibility index (Phi) is 13.2. The lowest BCUT2D eigenvalue weighted by Crippen LogP contribution is -2.54. The van der Waals surface area contributed by atoms with Gasteiger partial charge in [0.15, 0.2) is 0 Å². The molecule has 0 saturated heterocycles. The summed E-state index contributed by atoms with van der Waals surface area (Å²) in [4.78, 5) is 50.7. The van der Waals surface area contributed by atoms with Crippen LogP contribution in [0.15, 0.2) is 91.0 Å². The van der Waals surface area contributed by atoms with E-state index < -0.39 is 42.3 Å². The lowest BCUT2D eigenvalue weighted by molar-refractivity contribution is -0.150. The van der Waals surface area contributed by atoms with E-state index in [1.165, 1.54) is 0 Å². The molecule has 0 aliphatic rings. The molecule has 0 bridgehead atoms. The Morgan fingerprint density at radius 1 is 0.667 bits per heavy atom. The number of nitrogens with one attached hydrogen (secondary N) is 2. The molecule has 206 valence electrons. The summed E-state index contributed by atoms with van der Waals surface area (Å²) in [5.74, 6) is -2.72. The highest BCUT2D eigenvalue weighted by atomic mass is 35.5. The zero-order valence-corrected chi connectivity index (χ0v) is 22.1. The van der Waals surface area contributed by atoms with Gasteiger partial charge in [0.05, 0.1) is 13.0 Å². The molecule has 2 atom stereocenters. The van der Waals surface area contributed by atoms with Gasteiger partial charge in [0, 0.05) is 6.42 Å². The predicted molar refractivity (Wildman–Crippen MR) is 147 cm³/mol. The minimum atomic E-state index is -1.30. The van der Waals surface area contributed by atoms with Gasteiger partial charge < -0.3 is 25.8 Å². The number of hydrogen-bond acceptors (Lipinski definition) is 7. The maximum Gasteiger partial charge on any atom is 0.329 e.